The standard InChI is InChI=1S/C17H21N3O4S/c1-19(13-7-8-25(22,23)11-13)17(21)15-10-16(20(2)18-15)12-5-4-6-14(9-12)24-3/h4-6,9-10,13H,7-8,11H2,1-3H3. The number of carbonyl (C=O) groups is 1. The Kier molecular flexibility index (Phi) is 4.55. The molecule has 2 aromatic rings. The number of rotatable bonds is 4. The molecule has 1 atom stereocenters. The molecule has 8 heteroatoms. The lowest BCUT2D eigenvalue weighted by atomic mass is 10.1. The Morgan fingerprint density at radius 1 is 1.36 bits per heavy atom. The first-order valence-electron chi connectivity index (χ1n) is 7.97. The van der Waals surface area contributed by atoms with Gasteiger partial charge in [0.1, 0.15) is 5.75 Å². The van der Waals surface area contributed by atoms with Gasteiger partial charge in [0, 0.05) is 25.7 Å². The first-order valence-corrected chi connectivity index (χ1v) is 9.79. The fourth-order valence-electron chi connectivity index (χ4n) is 3.05. The molecule has 7 nitrogen and oxygen atoms in total. The summed E-state index contributed by atoms with van der Waals surface area (Å²) in [5.41, 5.74) is 1.97. The van der Waals surface area contributed by atoms with Gasteiger partial charge >= 0.3 is 0 Å². The molecule has 1 aliphatic heterocycles. The quantitative estimate of drug-likeness (QED) is 0.819. The summed E-state index contributed by atoms with van der Waals surface area (Å²) in [6.07, 6.45) is 0.472. The third-order valence-electron chi connectivity index (χ3n) is 4.54. The summed E-state index contributed by atoms with van der Waals surface area (Å²) in [4.78, 5) is 14.2. The van der Waals surface area contributed by atoms with Crippen molar-refractivity contribution in [2.75, 3.05) is 25.7 Å². The molecule has 0 radical (unpaired) electrons. The van der Waals surface area contributed by atoms with Gasteiger partial charge < -0.3 is 9.64 Å². The molecule has 2 heterocycles. The number of nitrogens with zero attached hydrogens (tertiary/aromatic N) is 3. The van der Waals surface area contributed by atoms with Gasteiger partial charge in [0.15, 0.2) is 15.5 Å². The molecule has 1 saturated heterocycles. The average Bonchev–Trinajstić information content (AvgIpc) is 3.16. The van der Waals surface area contributed by atoms with Gasteiger partial charge in [-0.1, -0.05) is 12.1 Å². The predicted molar refractivity (Wildman–Crippen MR) is 94.3 cm³/mol. The number of sulfone groups is 1. The SMILES string of the molecule is COc1cccc(-c2cc(C(=O)N(C)C3CCS(=O)(=O)C3)nn2C)c1. The average molecular weight is 363 g/mol. The Bertz CT molecular complexity index is 904. The first-order chi connectivity index (χ1) is 11.8. The van der Waals surface area contributed by atoms with Gasteiger partial charge in [-0.3, -0.25) is 9.48 Å². The number of hydrogen-bond donors (Lipinski definition) is 0. The molecule has 1 unspecified atom stereocenters. The van der Waals surface area contributed by atoms with E-state index in [0.29, 0.717) is 12.1 Å². The largest absolute Gasteiger partial charge is 0.497 e. The minimum absolute atomic E-state index is 0.0187. The molecule has 0 aliphatic carbocycles. The highest BCUT2D eigenvalue weighted by Gasteiger charge is 2.33. The Hall–Kier alpha value is -2.35. The highest BCUT2D eigenvalue weighted by Crippen LogP contribution is 2.25. The number of benzene rings is 1. The molecule has 25 heavy (non-hydrogen) atoms. The summed E-state index contributed by atoms with van der Waals surface area (Å²) in [5.74, 6) is 0.601. The van der Waals surface area contributed by atoms with Crippen molar-refractivity contribution >= 4 is 15.7 Å². The van der Waals surface area contributed by atoms with Crippen molar-refractivity contribution < 1.29 is 17.9 Å². The molecular formula is C17H21N3O4S. The zero-order chi connectivity index (χ0) is 18.2. The lowest BCUT2D eigenvalue weighted by Crippen LogP contribution is -2.38. The van der Waals surface area contributed by atoms with Crippen molar-refractivity contribution in [3.8, 4) is 17.0 Å². The minimum Gasteiger partial charge on any atom is -0.497 e. The van der Waals surface area contributed by atoms with Crippen LogP contribution < -0.4 is 4.74 Å². The van der Waals surface area contributed by atoms with Crippen LogP contribution in [0.25, 0.3) is 11.3 Å². The van der Waals surface area contributed by atoms with Crippen LogP contribution in [-0.4, -0.2) is 60.7 Å². The van der Waals surface area contributed by atoms with E-state index in [1.165, 1.54) is 4.90 Å². The molecule has 0 saturated carbocycles. The molecule has 134 valence electrons. The molecule has 0 spiro atoms. The number of aryl methyl sites for hydroxylation is 1. The van der Waals surface area contributed by atoms with Crippen molar-refractivity contribution in [1.29, 1.82) is 0 Å². The Labute approximate surface area is 147 Å². The number of ether oxygens (including phenoxy) is 1. The summed E-state index contributed by atoms with van der Waals surface area (Å²) in [7, 11) is 1.96. The maximum atomic E-state index is 12.7. The fraction of sp³-hybridized carbons (Fsp3) is 0.412. The van der Waals surface area contributed by atoms with Gasteiger partial charge in [0.25, 0.3) is 5.91 Å². The third-order valence-corrected chi connectivity index (χ3v) is 6.29. The summed E-state index contributed by atoms with van der Waals surface area (Å²) in [6, 6.07) is 8.94. The van der Waals surface area contributed by atoms with Gasteiger partial charge in [0.05, 0.1) is 24.3 Å². The number of carbonyl (C=O) groups excluding carboxylic acids is 1. The maximum Gasteiger partial charge on any atom is 0.274 e. The third kappa shape index (κ3) is 3.53. The monoisotopic (exact) mass is 363 g/mol. The number of aromatic nitrogens is 2. The van der Waals surface area contributed by atoms with Gasteiger partial charge in [-0.25, -0.2) is 8.42 Å². The topological polar surface area (TPSA) is 81.5 Å². The lowest BCUT2D eigenvalue weighted by Gasteiger charge is -2.22. The van der Waals surface area contributed by atoms with Crippen LogP contribution in [0.4, 0.5) is 0 Å². The Morgan fingerprint density at radius 2 is 2.12 bits per heavy atom. The number of hydrogen-bond acceptors (Lipinski definition) is 5. The van der Waals surface area contributed by atoms with Crippen LogP contribution in [0.2, 0.25) is 0 Å². The molecule has 1 amide bonds. The normalized spacial score (nSPS) is 18.9. The van der Waals surface area contributed by atoms with E-state index >= 15 is 0 Å². The van der Waals surface area contributed by atoms with E-state index in [2.05, 4.69) is 5.10 Å². The zero-order valence-electron chi connectivity index (χ0n) is 14.5. The van der Waals surface area contributed by atoms with Crippen molar-refractivity contribution in [2.24, 2.45) is 7.05 Å². The number of amides is 1. The lowest BCUT2D eigenvalue weighted by molar-refractivity contribution is 0.0741. The molecule has 1 fully saturated rings. The van der Waals surface area contributed by atoms with Crippen LogP contribution >= 0.6 is 0 Å². The van der Waals surface area contributed by atoms with E-state index in [1.807, 2.05) is 24.3 Å². The molecule has 1 aliphatic rings. The molecular weight excluding hydrogens is 342 g/mol. The predicted octanol–water partition coefficient (Wildman–Crippen LogP) is 1.35. The second kappa shape index (κ2) is 6.51. The zero-order valence-corrected chi connectivity index (χ0v) is 15.3. The van der Waals surface area contributed by atoms with Crippen molar-refractivity contribution in [1.82, 2.24) is 14.7 Å². The minimum atomic E-state index is -3.04. The van der Waals surface area contributed by atoms with Crippen LogP contribution in [-0.2, 0) is 16.9 Å². The van der Waals surface area contributed by atoms with Crippen molar-refractivity contribution in [3.05, 3.63) is 36.0 Å². The maximum absolute atomic E-state index is 12.7. The summed E-state index contributed by atoms with van der Waals surface area (Å²) >= 11 is 0. The van der Waals surface area contributed by atoms with E-state index in [0.717, 1.165) is 17.0 Å². The van der Waals surface area contributed by atoms with E-state index in [9.17, 15) is 13.2 Å². The van der Waals surface area contributed by atoms with Gasteiger partial charge in [-0.05, 0) is 24.6 Å². The summed E-state index contributed by atoms with van der Waals surface area (Å²) in [5, 5.41) is 4.31. The highest BCUT2D eigenvalue weighted by atomic mass is 32.2. The fourth-order valence-corrected chi connectivity index (χ4v) is 4.83. The second-order valence-electron chi connectivity index (χ2n) is 6.24. The second-order valence-corrected chi connectivity index (χ2v) is 8.47. The Morgan fingerprint density at radius 3 is 2.76 bits per heavy atom. The molecule has 0 N–H and O–H groups in total. The van der Waals surface area contributed by atoms with Gasteiger partial charge in [-0.2, -0.15) is 5.10 Å². The van der Waals surface area contributed by atoms with Crippen LogP contribution in [0.3, 0.4) is 0 Å². The number of methoxy groups -OCH3 is 1. The van der Waals surface area contributed by atoms with Crippen LogP contribution in [0.15, 0.2) is 30.3 Å². The molecule has 1 aromatic carbocycles. The molecule has 1 aromatic heterocycles. The van der Waals surface area contributed by atoms with Gasteiger partial charge in [-0.15, -0.1) is 0 Å². The summed E-state index contributed by atoms with van der Waals surface area (Å²) in [6.45, 7) is 0. The van der Waals surface area contributed by atoms with E-state index in [4.69, 9.17) is 4.74 Å². The van der Waals surface area contributed by atoms with Crippen molar-refractivity contribution in [2.45, 2.75) is 12.5 Å². The smallest absolute Gasteiger partial charge is 0.274 e. The highest BCUT2D eigenvalue weighted by molar-refractivity contribution is 7.91. The summed E-state index contributed by atoms with van der Waals surface area (Å²) < 4.78 is 30.2. The molecule has 0 bridgehead atoms. The van der Waals surface area contributed by atoms with Crippen LogP contribution in [0.1, 0.15) is 16.9 Å². The van der Waals surface area contributed by atoms with E-state index in [1.54, 1.807) is 32.0 Å². The van der Waals surface area contributed by atoms with Crippen molar-refractivity contribution in [3.63, 3.8) is 0 Å². The molecule has 3 rings (SSSR count). The van der Waals surface area contributed by atoms with Crippen LogP contribution in [0, 0.1) is 0 Å². The van der Waals surface area contributed by atoms with E-state index in [-0.39, 0.29) is 23.5 Å². The van der Waals surface area contributed by atoms with Gasteiger partial charge in [0.2, 0.25) is 0 Å². The Balaban J connectivity index is 1.85. The first kappa shape index (κ1) is 17.5. The van der Waals surface area contributed by atoms with E-state index < -0.39 is 9.84 Å². The van der Waals surface area contributed by atoms with Crippen LogP contribution in [0.5, 0.6) is 5.75 Å².